The highest BCUT2D eigenvalue weighted by atomic mass is 32.1. The molecule has 40 heavy (non-hydrogen) atoms. The molecule has 0 spiro atoms. The number of rotatable bonds is 6. The number of aryl methyl sites for hydroxylation is 2. The number of anilines is 1. The minimum absolute atomic E-state index is 0.0266. The van der Waals surface area contributed by atoms with Gasteiger partial charge in [-0.15, -0.1) is 11.3 Å². The third-order valence-corrected chi connectivity index (χ3v) is 7.72. The summed E-state index contributed by atoms with van der Waals surface area (Å²) in [5.41, 5.74) is 7.99. The van der Waals surface area contributed by atoms with Crippen molar-refractivity contribution in [3.8, 4) is 16.9 Å². The molecule has 5 rings (SSSR count). The molecular weight excluding hydrogens is 545 g/mol. The molecule has 2 aromatic heterocycles. The Bertz CT molecular complexity index is 1700. The van der Waals surface area contributed by atoms with Crippen LogP contribution in [0.15, 0.2) is 53.7 Å². The molecular formula is C28H23F3N4O4S. The topological polar surface area (TPSA) is 116 Å². The van der Waals surface area contributed by atoms with Crippen molar-refractivity contribution in [3.63, 3.8) is 0 Å². The number of primary amides is 1. The molecule has 0 aliphatic carbocycles. The van der Waals surface area contributed by atoms with Crippen molar-refractivity contribution in [1.29, 1.82) is 0 Å². The molecule has 3 N–H and O–H groups in total. The third-order valence-electron chi connectivity index (χ3n) is 6.62. The number of hydrogen-bond acceptors (Lipinski definition) is 7. The number of aromatic nitrogens is 1. The van der Waals surface area contributed by atoms with E-state index in [1.54, 1.807) is 42.5 Å². The maximum atomic E-state index is 13.8. The molecule has 1 unspecified atom stereocenters. The molecule has 0 fully saturated rings. The van der Waals surface area contributed by atoms with E-state index in [0.29, 0.717) is 33.9 Å². The van der Waals surface area contributed by atoms with Crippen molar-refractivity contribution in [3.05, 3.63) is 75.8 Å². The molecule has 12 heteroatoms. The molecule has 0 saturated carbocycles. The lowest BCUT2D eigenvalue weighted by Crippen LogP contribution is -2.29. The van der Waals surface area contributed by atoms with Crippen LogP contribution in [0.5, 0.6) is 5.75 Å². The number of amides is 2. The van der Waals surface area contributed by atoms with Gasteiger partial charge in [0.1, 0.15) is 21.2 Å². The van der Waals surface area contributed by atoms with Crippen LogP contribution in [0.25, 0.3) is 21.3 Å². The number of nitrogens with zero attached hydrogens (tertiary/aromatic N) is 2. The van der Waals surface area contributed by atoms with Gasteiger partial charge in [0.25, 0.3) is 11.8 Å². The number of nitrogens with two attached hydrogens (primary N) is 1. The van der Waals surface area contributed by atoms with E-state index in [-0.39, 0.29) is 32.8 Å². The van der Waals surface area contributed by atoms with Crippen LogP contribution in [-0.4, -0.2) is 35.7 Å². The summed E-state index contributed by atoms with van der Waals surface area (Å²) < 4.78 is 46.8. The van der Waals surface area contributed by atoms with Gasteiger partial charge in [-0.05, 0) is 54.3 Å². The van der Waals surface area contributed by atoms with E-state index < -0.39 is 29.8 Å². The van der Waals surface area contributed by atoms with E-state index in [9.17, 15) is 22.8 Å². The van der Waals surface area contributed by atoms with Crippen LogP contribution in [0.4, 0.5) is 18.9 Å². The van der Waals surface area contributed by atoms with E-state index in [1.165, 1.54) is 7.11 Å². The molecule has 2 aromatic carbocycles. The molecule has 0 saturated heterocycles. The lowest BCUT2D eigenvalue weighted by molar-refractivity contribution is -0.140. The van der Waals surface area contributed by atoms with Crippen molar-refractivity contribution in [2.24, 2.45) is 10.9 Å². The minimum Gasteiger partial charge on any atom is -0.496 e. The average Bonchev–Trinajstić information content (AvgIpc) is 3.55. The Morgan fingerprint density at radius 3 is 2.52 bits per heavy atom. The van der Waals surface area contributed by atoms with Crippen molar-refractivity contribution >= 4 is 44.8 Å². The van der Waals surface area contributed by atoms with Crippen LogP contribution < -0.4 is 15.8 Å². The fourth-order valence-electron chi connectivity index (χ4n) is 4.44. The van der Waals surface area contributed by atoms with Crippen molar-refractivity contribution in [1.82, 2.24) is 4.98 Å². The largest absolute Gasteiger partial charge is 0.496 e. The zero-order valence-corrected chi connectivity index (χ0v) is 22.4. The van der Waals surface area contributed by atoms with Gasteiger partial charge in [-0.1, -0.05) is 35.5 Å². The summed E-state index contributed by atoms with van der Waals surface area (Å²) in [4.78, 5) is 34.7. The second kappa shape index (κ2) is 10.3. The van der Waals surface area contributed by atoms with Crippen LogP contribution in [-0.2, 0) is 15.8 Å². The van der Waals surface area contributed by atoms with E-state index in [2.05, 4.69) is 15.5 Å². The molecule has 8 nitrogen and oxygen atoms in total. The smallest absolute Gasteiger partial charge is 0.433 e. The summed E-state index contributed by atoms with van der Waals surface area (Å²) >= 11 is 0.679. The Labute approximate surface area is 230 Å². The zero-order chi connectivity index (χ0) is 28.8. The fraction of sp³-hybridized carbons (Fsp3) is 0.214. The van der Waals surface area contributed by atoms with Gasteiger partial charge in [0.15, 0.2) is 0 Å². The number of fused-ring (bicyclic) bond motifs is 1. The SMILES string of the molecule is COc1ccccc1C1=NOC(C(=O)Nc2c(C(N)=O)sc3nc(C(F)(F)F)cc(-c4ccc(C)c(C)c4)c23)C1. The lowest BCUT2D eigenvalue weighted by Gasteiger charge is -2.14. The number of alkyl halides is 3. The van der Waals surface area contributed by atoms with Crippen LogP contribution in [0.2, 0.25) is 0 Å². The highest BCUT2D eigenvalue weighted by Gasteiger charge is 2.36. The van der Waals surface area contributed by atoms with Crippen LogP contribution in [0.1, 0.15) is 38.5 Å². The Morgan fingerprint density at radius 2 is 1.85 bits per heavy atom. The number of thiophene rings is 1. The maximum Gasteiger partial charge on any atom is 0.433 e. The van der Waals surface area contributed by atoms with E-state index in [0.717, 1.165) is 17.2 Å². The first-order chi connectivity index (χ1) is 19.0. The van der Waals surface area contributed by atoms with Gasteiger partial charge in [0, 0.05) is 17.4 Å². The highest BCUT2D eigenvalue weighted by molar-refractivity contribution is 7.21. The second-order valence-electron chi connectivity index (χ2n) is 9.23. The number of benzene rings is 2. The van der Waals surface area contributed by atoms with Crippen LogP contribution in [0.3, 0.4) is 0 Å². The molecule has 1 atom stereocenters. The first kappa shape index (κ1) is 27.1. The summed E-state index contributed by atoms with van der Waals surface area (Å²) in [5.74, 6) is -1.02. The normalized spacial score (nSPS) is 15.1. The van der Waals surface area contributed by atoms with Crippen molar-refractivity contribution in [2.75, 3.05) is 12.4 Å². The zero-order valence-electron chi connectivity index (χ0n) is 21.6. The summed E-state index contributed by atoms with van der Waals surface area (Å²) in [5, 5.41) is 6.88. The Morgan fingerprint density at radius 1 is 1.10 bits per heavy atom. The second-order valence-corrected chi connectivity index (χ2v) is 10.2. The van der Waals surface area contributed by atoms with Gasteiger partial charge in [-0.3, -0.25) is 9.59 Å². The maximum absolute atomic E-state index is 13.8. The van der Waals surface area contributed by atoms with E-state index >= 15 is 0 Å². The minimum atomic E-state index is -4.74. The van der Waals surface area contributed by atoms with Gasteiger partial charge in [-0.2, -0.15) is 13.2 Å². The monoisotopic (exact) mass is 568 g/mol. The molecule has 1 aliphatic heterocycles. The number of methoxy groups -OCH3 is 1. The summed E-state index contributed by atoms with van der Waals surface area (Å²) in [6.45, 7) is 3.72. The van der Waals surface area contributed by atoms with Gasteiger partial charge in [0.05, 0.1) is 18.5 Å². The fourth-order valence-corrected chi connectivity index (χ4v) is 5.44. The van der Waals surface area contributed by atoms with E-state index in [4.69, 9.17) is 15.3 Å². The predicted octanol–water partition coefficient (Wildman–Crippen LogP) is 5.84. The van der Waals surface area contributed by atoms with E-state index in [1.807, 2.05) is 13.8 Å². The number of nitrogens with one attached hydrogen (secondary N) is 1. The molecule has 2 amide bonds. The van der Waals surface area contributed by atoms with Crippen LogP contribution in [0, 0.1) is 13.8 Å². The van der Waals surface area contributed by atoms with Crippen molar-refractivity contribution < 1.29 is 32.3 Å². The molecule has 0 radical (unpaired) electrons. The van der Waals surface area contributed by atoms with Gasteiger partial charge >= 0.3 is 6.18 Å². The number of carbonyl (C=O) groups is 2. The number of ether oxygens (including phenoxy) is 1. The number of halogens is 3. The lowest BCUT2D eigenvalue weighted by atomic mass is 9.97. The molecule has 0 bridgehead atoms. The number of hydrogen-bond donors (Lipinski definition) is 2. The standard InChI is InChI=1S/C28H23F3N4O4S/c1-13-8-9-15(10-14(13)2)17-11-21(28(29,30)31)33-27-22(17)23(24(40-27)25(32)36)34-26(37)20-12-18(35-39-20)16-6-4-5-7-19(16)38-3/h4-11,20H,12H2,1-3H3,(H2,32,36)(H,34,37). The Balaban J connectivity index is 1.58. The quantitative estimate of drug-likeness (QED) is 0.303. The summed E-state index contributed by atoms with van der Waals surface area (Å²) in [7, 11) is 1.51. The van der Waals surface area contributed by atoms with Gasteiger partial charge in [-0.25, -0.2) is 4.98 Å². The van der Waals surface area contributed by atoms with Crippen molar-refractivity contribution in [2.45, 2.75) is 32.5 Å². The Hall–Kier alpha value is -4.45. The number of pyridine rings is 1. The first-order valence-corrected chi connectivity index (χ1v) is 12.9. The average molecular weight is 569 g/mol. The highest BCUT2D eigenvalue weighted by Crippen LogP contribution is 2.44. The number of carbonyl (C=O) groups excluding carboxylic acids is 2. The summed E-state index contributed by atoms with van der Waals surface area (Å²) in [6.07, 6.45) is -5.71. The number of oxime groups is 1. The van der Waals surface area contributed by atoms with Crippen LogP contribution >= 0.6 is 11.3 Å². The van der Waals surface area contributed by atoms with Gasteiger partial charge < -0.3 is 20.6 Å². The molecule has 3 heterocycles. The number of para-hydroxylation sites is 1. The molecule has 206 valence electrons. The predicted molar refractivity (Wildman–Crippen MR) is 146 cm³/mol. The molecule has 1 aliphatic rings. The summed E-state index contributed by atoms with van der Waals surface area (Å²) in [6, 6.07) is 13.2. The first-order valence-electron chi connectivity index (χ1n) is 12.1. The Kier molecular flexibility index (Phi) is 6.96. The van der Waals surface area contributed by atoms with Gasteiger partial charge in [0.2, 0.25) is 6.10 Å². The third kappa shape index (κ3) is 4.97. The molecule has 4 aromatic rings.